The molecule has 0 fully saturated rings. The molecule has 5 rings (SSSR count). The average molecular weight is 549 g/mol. The van der Waals surface area contributed by atoms with Gasteiger partial charge in [-0.3, -0.25) is 18.9 Å². The van der Waals surface area contributed by atoms with Crippen molar-refractivity contribution in [1.82, 2.24) is 18.8 Å². The molecule has 0 spiro atoms. The van der Waals surface area contributed by atoms with Crippen molar-refractivity contribution in [3.05, 3.63) is 94.0 Å². The molecule has 0 aliphatic heterocycles. The number of fused-ring (bicyclic) bond motifs is 2. The van der Waals surface area contributed by atoms with E-state index in [2.05, 4.69) is 34.1 Å². The summed E-state index contributed by atoms with van der Waals surface area (Å²) in [5, 5.41) is 3.25. The number of pyridine rings is 1. The molecule has 5 aromatic rings. The van der Waals surface area contributed by atoms with Gasteiger partial charge in [0.2, 0.25) is 5.91 Å². The minimum absolute atomic E-state index is 0.0903. The van der Waals surface area contributed by atoms with Crippen LogP contribution in [-0.4, -0.2) is 28.4 Å². The number of nitrogens with one attached hydrogen (secondary N) is 1. The van der Waals surface area contributed by atoms with Crippen LogP contribution in [0.3, 0.4) is 0 Å². The maximum Gasteiger partial charge on any atom is 0.329 e. The molecule has 1 atom stereocenters. The molecule has 1 amide bonds. The zero-order valence-electron chi connectivity index (χ0n) is 21.1. The van der Waals surface area contributed by atoms with Crippen molar-refractivity contribution >= 4 is 48.4 Å². The van der Waals surface area contributed by atoms with E-state index in [1.54, 1.807) is 20.5 Å². The fourth-order valence-electron chi connectivity index (χ4n) is 4.99. The van der Waals surface area contributed by atoms with Crippen LogP contribution in [0.4, 0.5) is 0 Å². The molecule has 0 saturated heterocycles. The second-order valence-corrected chi connectivity index (χ2v) is 11.9. The molecule has 3 aromatic heterocycles. The van der Waals surface area contributed by atoms with Gasteiger partial charge in [0.15, 0.2) is 0 Å². The van der Waals surface area contributed by atoms with Gasteiger partial charge in [0.05, 0.1) is 17.6 Å². The number of imidazole rings is 1. The topological polar surface area (TPSA) is 103 Å². The van der Waals surface area contributed by atoms with E-state index in [1.165, 1.54) is 29.2 Å². The molecule has 8 nitrogen and oxygen atoms in total. The van der Waals surface area contributed by atoms with Crippen LogP contribution in [0.15, 0.2) is 82.1 Å². The van der Waals surface area contributed by atoms with Gasteiger partial charge < -0.3 is 0 Å². The van der Waals surface area contributed by atoms with Crippen molar-refractivity contribution in [2.75, 3.05) is 0 Å². The van der Waals surface area contributed by atoms with Crippen LogP contribution in [-0.2, 0) is 21.4 Å². The molecule has 196 valence electrons. The Bertz CT molecular complexity index is 1790. The highest BCUT2D eigenvalue weighted by atomic mass is 32.2. The number of benzene rings is 2. The van der Waals surface area contributed by atoms with E-state index in [-0.39, 0.29) is 17.0 Å². The maximum absolute atomic E-state index is 13.9. The highest BCUT2D eigenvalue weighted by Crippen LogP contribution is 2.30. The Morgan fingerprint density at radius 3 is 2.61 bits per heavy atom. The second kappa shape index (κ2) is 10.5. The third kappa shape index (κ3) is 4.89. The van der Waals surface area contributed by atoms with Gasteiger partial charge in [0, 0.05) is 34.9 Å². The number of carbonyl (C=O) groups is 1. The van der Waals surface area contributed by atoms with E-state index >= 15 is 0 Å². The van der Waals surface area contributed by atoms with Crippen LogP contribution in [0, 0.1) is 6.92 Å². The lowest BCUT2D eigenvalue weighted by Gasteiger charge is -2.18. The Morgan fingerprint density at radius 1 is 1.08 bits per heavy atom. The Balaban J connectivity index is 1.51. The lowest BCUT2D eigenvalue weighted by Crippen LogP contribution is -2.35. The molecule has 3 heterocycles. The second-order valence-electron chi connectivity index (χ2n) is 9.30. The van der Waals surface area contributed by atoms with Gasteiger partial charge in [-0.25, -0.2) is 17.9 Å². The highest BCUT2D eigenvalue weighted by Gasteiger charge is 2.25. The van der Waals surface area contributed by atoms with Crippen molar-refractivity contribution in [3.8, 4) is 0 Å². The van der Waals surface area contributed by atoms with Gasteiger partial charge in [-0.05, 0) is 60.2 Å². The number of aromatic nitrogens is 3. The van der Waals surface area contributed by atoms with E-state index in [1.807, 2.05) is 37.3 Å². The fraction of sp³-hybridized carbons (Fsp3) is 0.250. The number of carbonyl (C=O) groups excluding carboxylic acids is 1. The van der Waals surface area contributed by atoms with Crippen LogP contribution in [0.1, 0.15) is 43.4 Å². The molecular weight excluding hydrogens is 520 g/mol. The minimum Gasteiger partial charge on any atom is -0.288 e. The van der Waals surface area contributed by atoms with Crippen LogP contribution < -0.4 is 10.4 Å². The first-order chi connectivity index (χ1) is 18.3. The number of amides is 1. The van der Waals surface area contributed by atoms with E-state index in [4.69, 9.17) is 0 Å². The third-order valence-electron chi connectivity index (χ3n) is 6.68. The Labute approximate surface area is 224 Å². The van der Waals surface area contributed by atoms with Crippen molar-refractivity contribution < 1.29 is 13.2 Å². The SMILES string of the molecule is CCCC(CC(=O)NS(=O)(=O)c1cccnc1)n1c(=O)n(Cc2csc3cccc(C)c23)c2ccccc21. The fourth-order valence-corrected chi connectivity index (χ4v) is 6.98. The van der Waals surface area contributed by atoms with Gasteiger partial charge in [0.25, 0.3) is 10.0 Å². The maximum atomic E-state index is 13.9. The number of hydrogen-bond donors (Lipinski definition) is 1. The Hall–Kier alpha value is -3.76. The lowest BCUT2D eigenvalue weighted by molar-refractivity contribution is -0.120. The molecular formula is C28H28N4O4S2. The number of sulfonamides is 1. The summed E-state index contributed by atoms with van der Waals surface area (Å²) in [7, 11) is -4.06. The van der Waals surface area contributed by atoms with Gasteiger partial charge >= 0.3 is 5.69 Å². The Kier molecular flexibility index (Phi) is 7.18. The zero-order chi connectivity index (χ0) is 26.9. The smallest absolute Gasteiger partial charge is 0.288 e. The van der Waals surface area contributed by atoms with Crippen molar-refractivity contribution in [3.63, 3.8) is 0 Å². The van der Waals surface area contributed by atoms with Crippen molar-refractivity contribution in [2.45, 2.75) is 50.6 Å². The third-order valence-corrected chi connectivity index (χ3v) is 9.04. The van der Waals surface area contributed by atoms with Crippen LogP contribution >= 0.6 is 11.3 Å². The number of thiophene rings is 1. The van der Waals surface area contributed by atoms with Crippen LogP contribution in [0.5, 0.6) is 0 Å². The summed E-state index contributed by atoms with van der Waals surface area (Å²) in [5.74, 6) is -0.671. The lowest BCUT2D eigenvalue weighted by atomic mass is 10.1. The number of para-hydroxylation sites is 2. The molecule has 0 saturated carbocycles. The van der Waals surface area contributed by atoms with Crippen LogP contribution in [0.25, 0.3) is 21.1 Å². The zero-order valence-corrected chi connectivity index (χ0v) is 22.8. The van der Waals surface area contributed by atoms with E-state index in [0.717, 1.165) is 27.5 Å². The predicted octanol–water partition coefficient (Wildman–Crippen LogP) is 5.01. The normalized spacial score (nSPS) is 12.7. The number of hydrogen-bond acceptors (Lipinski definition) is 6. The Morgan fingerprint density at radius 2 is 1.87 bits per heavy atom. The number of rotatable bonds is 9. The summed E-state index contributed by atoms with van der Waals surface area (Å²) in [6.07, 6.45) is 3.75. The quantitative estimate of drug-likeness (QED) is 0.279. The minimum atomic E-state index is -4.06. The summed E-state index contributed by atoms with van der Waals surface area (Å²) in [4.78, 5) is 30.6. The van der Waals surface area contributed by atoms with Gasteiger partial charge in [-0.1, -0.05) is 37.6 Å². The summed E-state index contributed by atoms with van der Waals surface area (Å²) in [5.41, 5.74) is 3.50. The molecule has 0 aliphatic rings. The first-order valence-electron chi connectivity index (χ1n) is 12.4. The van der Waals surface area contributed by atoms with E-state index < -0.39 is 22.0 Å². The monoisotopic (exact) mass is 548 g/mol. The summed E-state index contributed by atoms with van der Waals surface area (Å²) >= 11 is 1.66. The number of aryl methyl sites for hydroxylation is 1. The van der Waals surface area contributed by atoms with Gasteiger partial charge in [-0.15, -0.1) is 11.3 Å². The highest BCUT2D eigenvalue weighted by molar-refractivity contribution is 7.90. The molecule has 10 heteroatoms. The molecule has 0 bridgehead atoms. The standard InChI is InChI=1S/C28H28N4O4S2/c1-3-8-21(15-26(33)30-38(35,36)22-10-7-14-29-16-22)32-24-12-5-4-11-23(24)31(28(32)34)17-20-18-37-25-13-6-9-19(2)27(20)25/h4-7,9-14,16,18,21H,3,8,15,17H2,1-2H3,(H,30,33). The summed E-state index contributed by atoms with van der Waals surface area (Å²) in [6, 6.07) is 16.1. The molecule has 1 N–H and O–H groups in total. The summed E-state index contributed by atoms with van der Waals surface area (Å²) < 4.78 is 32.1. The van der Waals surface area contributed by atoms with Crippen molar-refractivity contribution in [1.29, 1.82) is 0 Å². The van der Waals surface area contributed by atoms with E-state index in [9.17, 15) is 18.0 Å². The summed E-state index contributed by atoms with van der Waals surface area (Å²) in [6.45, 7) is 4.44. The largest absolute Gasteiger partial charge is 0.329 e. The molecule has 2 aromatic carbocycles. The molecule has 0 radical (unpaired) electrons. The molecule has 38 heavy (non-hydrogen) atoms. The molecule has 1 unspecified atom stereocenters. The molecule has 0 aliphatic carbocycles. The van der Waals surface area contributed by atoms with Crippen molar-refractivity contribution in [2.24, 2.45) is 0 Å². The number of nitrogens with zero attached hydrogens (tertiary/aromatic N) is 3. The van der Waals surface area contributed by atoms with E-state index in [0.29, 0.717) is 19.4 Å². The van der Waals surface area contributed by atoms with Crippen LogP contribution in [0.2, 0.25) is 0 Å². The van der Waals surface area contributed by atoms with Gasteiger partial charge in [-0.2, -0.15) is 0 Å². The first kappa shape index (κ1) is 25.9. The predicted molar refractivity (Wildman–Crippen MR) is 150 cm³/mol. The first-order valence-corrected chi connectivity index (χ1v) is 14.8. The average Bonchev–Trinajstić information content (AvgIpc) is 3.44. The van der Waals surface area contributed by atoms with Gasteiger partial charge in [0.1, 0.15) is 4.90 Å².